The number of ether oxygens (including phenoxy) is 2. The molecule has 0 saturated carbocycles. The number of carbonyl (C=O) groups excluding carboxylic acids is 1. The van der Waals surface area contributed by atoms with Gasteiger partial charge in [-0.05, 0) is 33.8 Å². The molecule has 5 heteroatoms. The van der Waals surface area contributed by atoms with E-state index in [0.29, 0.717) is 18.6 Å². The third-order valence-corrected chi connectivity index (χ3v) is 2.90. The fraction of sp³-hybridized carbons (Fsp3) is 0.533. The van der Waals surface area contributed by atoms with Gasteiger partial charge in [0.05, 0.1) is 13.1 Å². The molecule has 1 heterocycles. The molecule has 4 nitrogen and oxygen atoms in total. The summed E-state index contributed by atoms with van der Waals surface area (Å²) in [6.45, 7) is 8.43. The molecule has 2 rings (SSSR count). The van der Waals surface area contributed by atoms with Crippen LogP contribution in [0.5, 0.6) is 5.75 Å². The Morgan fingerprint density at radius 1 is 1.45 bits per heavy atom. The summed E-state index contributed by atoms with van der Waals surface area (Å²) in [7, 11) is 5.80. The van der Waals surface area contributed by atoms with E-state index in [9.17, 15) is 4.79 Å². The molecule has 2 radical (unpaired) electrons. The Kier molecular flexibility index (Phi) is 3.98. The molecular weight excluding hydrogens is 253 g/mol. The van der Waals surface area contributed by atoms with Gasteiger partial charge in [-0.2, -0.15) is 0 Å². The Morgan fingerprint density at radius 3 is 2.80 bits per heavy atom. The Morgan fingerprint density at radius 2 is 2.15 bits per heavy atom. The average Bonchev–Trinajstić information content (AvgIpc) is 2.45. The van der Waals surface area contributed by atoms with Crippen LogP contribution in [0.15, 0.2) is 18.2 Å². The van der Waals surface area contributed by atoms with Gasteiger partial charge in [0, 0.05) is 5.56 Å². The van der Waals surface area contributed by atoms with Crippen molar-refractivity contribution in [2.45, 2.75) is 45.9 Å². The second-order valence-electron chi connectivity index (χ2n) is 6.16. The fourth-order valence-corrected chi connectivity index (χ4v) is 2.14. The van der Waals surface area contributed by atoms with Crippen LogP contribution in [0.1, 0.15) is 33.3 Å². The first-order chi connectivity index (χ1) is 9.24. The predicted molar refractivity (Wildman–Crippen MR) is 78.6 cm³/mol. The number of benzene rings is 1. The maximum atomic E-state index is 12.2. The maximum absolute atomic E-state index is 12.2. The van der Waals surface area contributed by atoms with Crippen LogP contribution in [0.2, 0.25) is 0 Å². The molecule has 1 atom stereocenters. The predicted octanol–water partition coefficient (Wildman–Crippen LogP) is 2.00. The van der Waals surface area contributed by atoms with E-state index in [1.54, 1.807) is 11.0 Å². The highest BCUT2D eigenvalue weighted by molar-refractivity contribution is 6.32. The first-order valence-electron chi connectivity index (χ1n) is 6.77. The fourth-order valence-electron chi connectivity index (χ4n) is 2.14. The number of amides is 1. The zero-order valence-electron chi connectivity index (χ0n) is 12.5. The van der Waals surface area contributed by atoms with Gasteiger partial charge in [-0.1, -0.05) is 17.6 Å². The molecule has 106 valence electrons. The summed E-state index contributed by atoms with van der Waals surface area (Å²) < 4.78 is 11.2. The van der Waals surface area contributed by atoms with E-state index in [0.717, 1.165) is 11.3 Å². The third-order valence-electron chi connectivity index (χ3n) is 2.90. The van der Waals surface area contributed by atoms with E-state index in [1.165, 1.54) is 0 Å². The van der Waals surface area contributed by atoms with E-state index in [1.807, 2.05) is 39.8 Å². The Bertz CT molecular complexity index is 510. The Hall–Kier alpha value is -1.65. The quantitative estimate of drug-likeness (QED) is 0.679. The van der Waals surface area contributed by atoms with E-state index < -0.39 is 5.60 Å². The van der Waals surface area contributed by atoms with Crippen LogP contribution in [-0.2, 0) is 11.3 Å². The molecule has 1 aromatic rings. The average molecular weight is 273 g/mol. The summed E-state index contributed by atoms with van der Waals surface area (Å²) in [5.41, 5.74) is 1.05. The monoisotopic (exact) mass is 273 g/mol. The molecule has 20 heavy (non-hydrogen) atoms. The van der Waals surface area contributed by atoms with Crippen LogP contribution in [-0.4, -0.2) is 37.1 Å². The van der Waals surface area contributed by atoms with Gasteiger partial charge in [0.15, 0.2) is 0 Å². The van der Waals surface area contributed by atoms with Crippen molar-refractivity contribution in [3.8, 4) is 5.75 Å². The minimum Gasteiger partial charge on any atom is -0.489 e. The summed E-state index contributed by atoms with van der Waals surface area (Å²) in [5.74, 6) is 0.776. The molecular formula is C15H20BNO3. The molecule has 0 aliphatic carbocycles. The standard InChI is InChI=1S/C15H20BNO3/c1-10-8-17(14(18)20-15(2,3)4)9-11-7-12(16)5-6-13(11)19-10/h5-7,10H,8-9H2,1-4H3. The Balaban J connectivity index is 2.22. The molecule has 0 bridgehead atoms. The number of hydrogen-bond donors (Lipinski definition) is 0. The van der Waals surface area contributed by atoms with E-state index in [2.05, 4.69) is 0 Å². The number of nitrogens with zero attached hydrogens (tertiary/aromatic N) is 1. The van der Waals surface area contributed by atoms with E-state index in [-0.39, 0.29) is 12.2 Å². The number of carbonyl (C=O) groups is 1. The summed E-state index contributed by atoms with van der Waals surface area (Å²) in [6.07, 6.45) is -0.421. The highest BCUT2D eigenvalue weighted by Gasteiger charge is 2.27. The molecule has 0 saturated heterocycles. The lowest BCUT2D eigenvalue weighted by Gasteiger charge is -2.27. The number of hydrogen-bond acceptors (Lipinski definition) is 3. The first kappa shape index (κ1) is 14.8. The molecule has 1 aliphatic heterocycles. The zero-order valence-corrected chi connectivity index (χ0v) is 12.5. The largest absolute Gasteiger partial charge is 0.489 e. The van der Waals surface area contributed by atoms with Gasteiger partial charge in [-0.3, -0.25) is 0 Å². The van der Waals surface area contributed by atoms with Gasteiger partial charge in [0.2, 0.25) is 0 Å². The second-order valence-corrected chi connectivity index (χ2v) is 6.16. The van der Waals surface area contributed by atoms with Gasteiger partial charge in [-0.15, -0.1) is 0 Å². The highest BCUT2D eigenvalue weighted by atomic mass is 16.6. The van der Waals surface area contributed by atoms with Crippen molar-refractivity contribution in [1.29, 1.82) is 0 Å². The van der Waals surface area contributed by atoms with Crippen molar-refractivity contribution < 1.29 is 14.3 Å². The highest BCUT2D eigenvalue weighted by Crippen LogP contribution is 2.25. The minimum absolute atomic E-state index is 0.0904. The zero-order chi connectivity index (χ0) is 14.9. The lowest BCUT2D eigenvalue weighted by atomic mass is 9.94. The van der Waals surface area contributed by atoms with Crippen LogP contribution in [0.4, 0.5) is 4.79 Å². The van der Waals surface area contributed by atoms with Gasteiger partial charge >= 0.3 is 6.09 Å². The van der Waals surface area contributed by atoms with Crippen LogP contribution < -0.4 is 10.2 Å². The topological polar surface area (TPSA) is 38.8 Å². The maximum Gasteiger partial charge on any atom is 0.410 e. The molecule has 1 amide bonds. The molecule has 0 N–H and O–H groups in total. The molecule has 0 fully saturated rings. The van der Waals surface area contributed by atoms with Gasteiger partial charge in [-0.25, -0.2) is 4.79 Å². The first-order valence-corrected chi connectivity index (χ1v) is 6.77. The van der Waals surface area contributed by atoms with Gasteiger partial charge in [0.25, 0.3) is 0 Å². The molecule has 1 unspecified atom stereocenters. The van der Waals surface area contributed by atoms with Gasteiger partial charge in [0.1, 0.15) is 25.3 Å². The van der Waals surface area contributed by atoms with Crippen LogP contribution in [0, 0.1) is 0 Å². The lowest BCUT2D eigenvalue weighted by molar-refractivity contribution is 0.0188. The number of rotatable bonds is 0. The van der Waals surface area contributed by atoms with Crippen LogP contribution >= 0.6 is 0 Å². The van der Waals surface area contributed by atoms with Gasteiger partial charge < -0.3 is 14.4 Å². The minimum atomic E-state index is -0.508. The summed E-state index contributed by atoms with van der Waals surface area (Å²) in [5, 5.41) is 0. The Labute approximate surface area is 121 Å². The molecule has 1 aromatic carbocycles. The van der Waals surface area contributed by atoms with Crippen molar-refractivity contribution in [3.63, 3.8) is 0 Å². The van der Waals surface area contributed by atoms with Crippen molar-refractivity contribution in [3.05, 3.63) is 23.8 Å². The molecule has 1 aliphatic rings. The van der Waals surface area contributed by atoms with Crippen molar-refractivity contribution in [2.75, 3.05) is 6.54 Å². The third kappa shape index (κ3) is 3.68. The van der Waals surface area contributed by atoms with E-state index in [4.69, 9.17) is 17.3 Å². The normalized spacial score (nSPS) is 18.8. The smallest absolute Gasteiger partial charge is 0.410 e. The van der Waals surface area contributed by atoms with Crippen LogP contribution in [0.3, 0.4) is 0 Å². The molecule has 0 aromatic heterocycles. The summed E-state index contributed by atoms with van der Waals surface area (Å²) >= 11 is 0. The van der Waals surface area contributed by atoms with Crippen LogP contribution in [0.25, 0.3) is 0 Å². The lowest BCUT2D eigenvalue weighted by Crippen LogP contribution is -2.39. The van der Waals surface area contributed by atoms with Crippen molar-refractivity contribution in [2.24, 2.45) is 0 Å². The second kappa shape index (κ2) is 5.39. The van der Waals surface area contributed by atoms with E-state index >= 15 is 0 Å². The summed E-state index contributed by atoms with van der Waals surface area (Å²) in [4.78, 5) is 13.9. The molecule has 0 spiro atoms. The summed E-state index contributed by atoms with van der Waals surface area (Å²) in [6, 6.07) is 5.49. The van der Waals surface area contributed by atoms with Crippen molar-refractivity contribution in [1.82, 2.24) is 4.90 Å². The SMILES string of the molecule is [B]c1ccc2c(c1)CN(C(=O)OC(C)(C)C)CC(C)O2. The van der Waals surface area contributed by atoms with Crippen molar-refractivity contribution >= 4 is 19.4 Å². The number of fused-ring (bicyclic) bond motifs is 1.